The second-order valence-corrected chi connectivity index (χ2v) is 5.74. The van der Waals surface area contributed by atoms with E-state index in [1.165, 1.54) is 24.3 Å². The second kappa shape index (κ2) is 8.69. The third kappa shape index (κ3) is 5.84. The topological polar surface area (TPSA) is 82.0 Å². The lowest BCUT2D eigenvalue weighted by atomic mass is 10.1. The first-order valence-corrected chi connectivity index (χ1v) is 7.99. The van der Waals surface area contributed by atoms with Crippen molar-refractivity contribution < 1.29 is 35.9 Å². The predicted octanol–water partition coefficient (Wildman–Crippen LogP) is 4.75. The number of para-hydroxylation sites is 1. The Kier molecular flexibility index (Phi) is 6.51. The van der Waals surface area contributed by atoms with Gasteiger partial charge in [-0.05, 0) is 35.9 Å². The van der Waals surface area contributed by atoms with E-state index in [9.17, 15) is 35.9 Å². The lowest BCUT2D eigenvalue weighted by Gasteiger charge is -2.13. The minimum Gasteiger partial charge on any atom is -0.321 e. The van der Waals surface area contributed by atoms with E-state index in [0.717, 1.165) is 36.4 Å². The number of amides is 2. The quantitative estimate of drug-likeness (QED) is 0.420. The van der Waals surface area contributed by atoms with Gasteiger partial charge in [0, 0.05) is 5.69 Å². The summed E-state index contributed by atoms with van der Waals surface area (Å²) in [4.78, 5) is 23.2. The van der Waals surface area contributed by atoms with Crippen molar-refractivity contribution >= 4 is 29.3 Å². The largest absolute Gasteiger partial charge is 0.471 e. The van der Waals surface area contributed by atoms with Crippen LogP contribution in [0.5, 0.6) is 0 Å². The van der Waals surface area contributed by atoms with Crippen LogP contribution >= 0.6 is 0 Å². The molecule has 0 saturated carbocycles. The molecule has 0 unspecified atom stereocenters. The number of alkyl halides is 6. The fourth-order valence-corrected chi connectivity index (χ4v) is 2.25. The minimum atomic E-state index is -5.12. The van der Waals surface area contributed by atoms with Crippen LogP contribution in [0.25, 0.3) is 6.08 Å². The number of carbonyl (C=O) groups is 2. The zero-order valence-corrected chi connectivity index (χ0v) is 14.7. The minimum absolute atomic E-state index is 0.0609. The highest BCUT2D eigenvalue weighted by Crippen LogP contribution is 2.34. The maximum Gasteiger partial charge on any atom is 0.471 e. The van der Waals surface area contributed by atoms with Crippen molar-refractivity contribution in [2.24, 2.45) is 0 Å². The molecule has 11 heteroatoms. The Morgan fingerprint density at radius 3 is 2.20 bits per heavy atom. The number of anilines is 2. The molecule has 2 rings (SSSR count). The number of hydrogen-bond donors (Lipinski definition) is 2. The van der Waals surface area contributed by atoms with Crippen molar-refractivity contribution in [1.29, 1.82) is 5.26 Å². The van der Waals surface area contributed by atoms with E-state index in [4.69, 9.17) is 5.26 Å². The standard InChI is InChI=1S/C19H11F6N3O2/c20-18(21,22)14-6-1-2-7-15(14)28-16(29)12(10-26)8-11-4-3-5-13(9-11)27-17(30)19(23,24)25/h1-9H,(H,27,30)(H,28,29)/b12-8+. The molecule has 2 aromatic rings. The molecule has 0 spiro atoms. The Morgan fingerprint density at radius 2 is 1.60 bits per heavy atom. The van der Waals surface area contributed by atoms with Crippen LogP contribution in [0.4, 0.5) is 37.7 Å². The molecule has 0 bridgehead atoms. The third-order valence-corrected chi connectivity index (χ3v) is 3.56. The van der Waals surface area contributed by atoms with E-state index in [1.807, 2.05) is 5.32 Å². The predicted molar refractivity (Wildman–Crippen MR) is 94.8 cm³/mol. The second-order valence-electron chi connectivity index (χ2n) is 5.74. The van der Waals surface area contributed by atoms with Crippen LogP contribution in [0.3, 0.4) is 0 Å². The highest BCUT2D eigenvalue weighted by molar-refractivity contribution is 6.10. The first-order chi connectivity index (χ1) is 13.9. The molecule has 2 N–H and O–H groups in total. The van der Waals surface area contributed by atoms with Gasteiger partial charge in [0.2, 0.25) is 0 Å². The Bertz CT molecular complexity index is 1040. The first-order valence-electron chi connectivity index (χ1n) is 7.99. The number of nitrogens with one attached hydrogen (secondary N) is 2. The Hall–Kier alpha value is -3.81. The number of rotatable bonds is 4. The average molecular weight is 427 g/mol. The van der Waals surface area contributed by atoms with Crippen LogP contribution in [0.2, 0.25) is 0 Å². The van der Waals surface area contributed by atoms with Gasteiger partial charge in [0.15, 0.2) is 0 Å². The summed E-state index contributed by atoms with van der Waals surface area (Å²) in [5, 5.41) is 12.8. The van der Waals surface area contributed by atoms with Crippen LogP contribution in [0.15, 0.2) is 54.1 Å². The fraction of sp³-hybridized carbons (Fsp3) is 0.105. The number of carbonyl (C=O) groups excluding carboxylic acids is 2. The van der Waals surface area contributed by atoms with Crippen LogP contribution in [0, 0.1) is 11.3 Å². The highest BCUT2D eigenvalue weighted by Gasteiger charge is 2.38. The maximum atomic E-state index is 13.0. The highest BCUT2D eigenvalue weighted by atomic mass is 19.4. The summed E-state index contributed by atoms with van der Waals surface area (Å²) < 4.78 is 76.0. The zero-order chi connectivity index (χ0) is 22.5. The molecule has 5 nitrogen and oxygen atoms in total. The van der Waals surface area contributed by atoms with Crippen molar-refractivity contribution in [3.05, 3.63) is 65.2 Å². The van der Waals surface area contributed by atoms with E-state index in [0.29, 0.717) is 0 Å². The van der Waals surface area contributed by atoms with Gasteiger partial charge in [-0.15, -0.1) is 0 Å². The smallest absolute Gasteiger partial charge is 0.321 e. The molecule has 0 fully saturated rings. The van der Waals surface area contributed by atoms with E-state index >= 15 is 0 Å². The molecule has 0 aliphatic rings. The number of halogens is 6. The molecule has 0 aromatic heterocycles. The normalized spacial score (nSPS) is 12.1. The zero-order valence-electron chi connectivity index (χ0n) is 14.7. The number of benzene rings is 2. The molecule has 0 aliphatic carbocycles. The number of nitrogens with zero attached hydrogens (tertiary/aromatic N) is 1. The van der Waals surface area contributed by atoms with E-state index in [2.05, 4.69) is 0 Å². The SMILES string of the molecule is N#C/C(=C\c1cccc(NC(=O)C(F)(F)F)c1)C(=O)Nc1ccccc1C(F)(F)F. The number of nitriles is 1. The molecule has 0 heterocycles. The van der Waals surface area contributed by atoms with Crippen LogP contribution in [-0.4, -0.2) is 18.0 Å². The molecule has 30 heavy (non-hydrogen) atoms. The van der Waals surface area contributed by atoms with Crippen molar-refractivity contribution in [3.63, 3.8) is 0 Å². The van der Waals surface area contributed by atoms with E-state index in [1.54, 1.807) is 5.32 Å². The molecule has 2 amide bonds. The summed E-state index contributed by atoms with van der Waals surface area (Å²) in [5.74, 6) is -3.37. The monoisotopic (exact) mass is 427 g/mol. The summed E-state index contributed by atoms with van der Waals surface area (Å²) in [6.07, 6.45) is -8.91. The van der Waals surface area contributed by atoms with Gasteiger partial charge >= 0.3 is 18.3 Å². The molecule has 0 atom stereocenters. The molecule has 0 aliphatic heterocycles. The van der Waals surface area contributed by atoms with Crippen molar-refractivity contribution in [1.82, 2.24) is 0 Å². The van der Waals surface area contributed by atoms with Crippen LogP contribution < -0.4 is 10.6 Å². The van der Waals surface area contributed by atoms with Gasteiger partial charge < -0.3 is 10.6 Å². The number of hydrogen-bond acceptors (Lipinski definition) is 3. The average Bonchev–Trinajstić information content (AvgIpc) is 2.65. The summed E-state index contributed by atoms with van der Waals surface area (Å²) in [6.45, 7) is 0. The molecule has 2 aromatic carbocycles. The summed E-state index contributed by atoms with van der Waals surface area (Å²) in [7, 11) is 0. The summed E-state index contributed by atoms with van der Waals surface area (Å²) in [5.41, 5.74) is -2.49. The maximum absolute atomic E-state index is 13.0. The van der Waals surface area contributed by atoms with Gasteiger partial charge in [0.25, 0.3) is 5.91 Å². The Balaban J connectivity index is 2.27. The van der Waals surface area contributed by atoms with Gasteiger partial charge in [-0.25, -0.2) is 0 Å². The molecule has 0 radical (unpaired) electrons. The van der Waals surface area contributed by atoms with Crippen molar-refractivity contribution in [2.45, 2.75) is 12.4 Å². The van der Waals surface area contributed by atoms with E-state index < -0.39 is 41.0 Å². The van der Waals surface area contributed by atoms with Crippen molar-refractivity contribution in [3.8, 4) is 6.07 Å². The van der Waals surface area contributed by atoms with Gasteiger partial charge in [-0.1, -0.05) is 24.3 Å². The van der Waals surface area contributed by atoms with E-state index in [-0.39, 0.29) is 11.3 Å². The molecular formula is C19H11F6N3O2. The Labute approximate surface area is 165 Å². The van der Waals surface area contributed by atoms with Crippen LogP contribution in [-0.2, 0) is 15.8 Å². The van der Waals surface area contributed by atoms with Crippen molar-refractivity contribution in [2.75, 3.05) is 10.6 Å². The summed E-state index contributed by atoms with van der Waals surface area (Å²) in [6, 6.07) is 10.4. The molecular weight excluding hydrogens is 416 g/mol. The summed E-state index contributed by atoms with van der Waals surface area (Å²) >= 11 is 0. The van der Waals surface area contributed by atoms with Gasteiger partial charge in [0.05, 0.1) is 11.3 Å². The molecule has 156 valence electrons. The van der Waals surface area contributed by atoms with Crippen LogP contribution in [0.1, 0.15) is 11.1 Å². The first kappa shape index (κ1) is 22.5. The molecule has 0 saturated heterocycles. The Morgan fingerprint density at radius 1 is 0.933 bits per heavy atom. The third-order valence-electron chi connectivity index (χ3n) is 3.56. The van der Waals surface area contributed by atoms with Gasteiger partial charge in [0.1, 0.15) is 11.6 Å². The lowest BCUT2D eigenvalue weighted by molar-refractivity contribution is -0.167. The van der Waals surface area contributed by atoms with Gasteiger partial charge in [-0.2, -0.15) is 31.6 Å². The fourth-order valence-electron chi connectivity index (χ4n) is 2.25. The van der Waals surface area contributed by atoms with Gasteiger partial charge in [-0.3, -0.25) is 9.59 Å². The lowest BCUT2D eigenvalue weighted by Crippen LogP contribution is -2.29.